The molecule has 3 aromatic carbocycles. The maximum Gasteiger partial charge on any atom is 0.294 e. The molecule has 39 heavy (non-hydrogen) atoms. The number of nitrogens with one attached hydrogen (secondary N) is 1. The molecule has 0 radical (unpaired) electrons. The Kier molecular flexibility index (Phi) is 7.32. The van der Waals surface area contributed by atoms with Crippen LogP contribution in [0.2, 0.25) is 5.28 Å². The van der Waals surface area contributed by atoms with Crippen molar-refractivity contribution in [2.45, 2.75) is 13.8 Å². The summed E-state index contributed by atoms with van der Waals surface area (Å²) in [5.41, 5.74) is 2.93. The van der Waals surface area contributed by atoms with Crippen LogP contribution in [0.1, 0.15) is 16.7 Å². The molecule has 1 fully saturated rings. The number of rotatable bonds is 6. The van der Waals surface area contributed by atoms with Crippen molar-refractivity contribution in [2.75, 3.05) is 11.9 Å². The van der Waals surface area contributed by atoms with Crippen molar-refractivity contribution in [1.29, 1.82) is 0 Å². The molecule has 0 atom stereocenters. The van der Waals surface area contributed by atoms with Gasteiger partial charge in [-0.15, -0.1) is 0 Å². The van der Waals surface area contributed by atoms with Gasteiger partial charge in [-0.1, -0.05) is 48.0 Å². The minimum absolute atomic E-state index is 0.0849. The molecular formula is C28H20ClFN4O4S. The smallest absolute Gasteiger partial charge is 0.294 e. The van der Waals surface area contributed by atoms with Crippen LogP contribution in [0.4, 0.5) is 14.9 Å². The normalized spacial score (nSPS) is 14.4. The SMILES string of the molecule is Cc1ccc(NC(=O)CN2C(=O)S/C(=C/c3c(Oc4nc(Cl)ncc4F)ccc4ccccc34)C2=O)c(C)c1. The number of halogens is 2. The van der Waals surface area contributed by atoms with E-state index in [0.717, 1.165) is 27.6 Å². The van der Waals surface area contributed by atoms with E-state index in [0.29, 0.717) is 28.4 Å². The molecule has 0 bridgehead atoms. The zero-order valence-electron chi connectivity index (χ0n) is 20.7. The molecule has 8 nitrogen and oxygen atoms in total. The van der Waals surface area contributed by atoms with E-state index in [1.54, 1.807) is 30.3 Å². The average molecular weight is 563 g/mol. The highest BCUT2D eigenvalue weighted by Gasteiger charge is 2.36. The highest BCUT2D eigenvalue weighted by Crippen LogP contribution is 2.38. The van der Waals surface area contributed by atoms with Crippen LogP contribution in [0.15, 0.2) is 65.7 Å². The molecule has 5 rings (SSSR count). The number of thioether (sulfide) groups is 1. The number of hydrogen-bond acceptors (Lipinski definition) is 7. The van der Waals surface area contributed by atoms with E-state index in [1.165, 1.54) is 6.08 Å². The summed E-state index contributed by atoms with van der Waals surface area (Å²) < 4.78 is 20.1. The quantitative estimate of drug-likeness (QED) is 0.211. The standard InChI is InChI=1S/C28H20ClFN4O4S/c1-15-7-9-21(16(2)11-15)32-24(35)14-34-26(36)23(39-28(34)37)12-19-18-6-4-3-5-17(18)8-10-22(19)38-25-20(30)13-31-27(29)33-25/h3-13H,14H2,1-2H3,(H,32,35)/b23-12+. The topological polar surface area (TPSA) is 101 Å². The molecule has 1 N–H and O–H groups in total. The summed E-state index contributed by atoms with van der Waals surface area (Å²) in [5, 5.41) is 3.48. The van der Waals surface area contributed by atoms with Gasteiger partial charge in [-0.3, -0.25) is 19.3 Å². The number of benzene rings is 3. The molecule has 11 heteroatoms. The van der Waals surface area contributed by atoms with Crippen LogP contribution in [0.5, 0.6) is 11.6 Å². The number of carbonyl (C=O) groups is 3. The first kappa shape index (κ1) is 26.3. The van der Waals surface area contributed by atoms with E-state index in [4.69, 9.17) is 16.3 Å². The number of carbonyl (C=O) groups excluding carboxylic acids is 3. The number of amides is 3. The van der Waals surface area contributed by atoms with Crippen molar-refractivity contribution in [3.63, 3.8) is 0 Å². The summed E-state index contributed by atoms with van der Waals surface area (Å²) in [6, 6.07) is 16.2. The Hall–Kier alpha value is -4.28. The third-order valence-electron chi connectivity index (χ3n) is 5.93. The summed E-state index contributed by atoms with van der Waals surface area (Å²) in [7, 11) is 0. The van der Waals surface area contributed by atoms with Crippen LogP contribution in [-0.4, -0.2) is 38.5 Å². The molecule has 0 aliphatic carbocycles. The Morgan fingerprint density at radius 3 is 2.74 bits per heavy atom. The molecule has 4 aromatic rings. The lowest BCUT2D eigenvalue weighted by molar-refractivity contribution is -0.127. The fourth-order valence-corrected chi connectivity index (χ4v) is 5.02. The predicted octanol–water partition coefficient (Wildman–Crippen LogP) is 6.51. The highest BCUT2D eigenvalue weighted by atomic mass is 35.5. The molecular weight excluding hydrogens is 543 g/mol. The van der Waals surface area contributed by atoms with Crippen LogP contribution >= 0.6 is 23.4 Å². The molecule has 0 spiro atoms. The molecule has 196 valence electrons. The minimum atomic E-state index is -0.825. The second kappa shape index (κ2) is 10.8. The van der Waals surface area contributed by atoms with Gasteiger partial charge in [0.25, 0.3) is 17.0 Å². The van der Waals surface area contributed by atoms with E-state index in [9.17, 15) is 18.8 Å². The first-order chi connectivity index (χ1) is 18.7. The van der Waals surface area contributed by atoms with Crippen molar-refractivity contribution >= 4 is 63.0 Å². The molecule has 1 aliphatic rings. The number of aryl methyl sites for hydroxylation is 2. The zero-order valence-corrected chi connectivity index (χ0v) is 22.3. The van der Waals surface area contributed by atoms with E-state index in [-0.39, 0.29) is 15.9 Å². The molecule has 0 unspecified atom stereocenters. The van der Waals surface area contributed by atoms with Crippen molar-refractivity contribution in [1.82, 2.24) is 14.9 Å². The number of ether oxygens (including phenoxy) is 1. The van der Waals surface area contributed by atoms with Gasteiger partial charge in [-0.05, 0) is 71.8 Å². The molecule has 2 heterocycles. The van der Waals surface area contributed by atoms with Crippen LogP contribution in [0.3, 0.4) is 0 Å². The maximum absolute atomic E-state index is 14.3. The van der Waals surface area contributed by atoms with E-state index in [1.807, 2.05) is 38.1 Å². The largest absolute Gasteiger partial charge is 0.436 e. The van der Waals surface area contributed by atoms with Gasteiger partial charge in [0.05, 0.1) is 11.1 Å². The Bertz CT molecular complexity index is 1690. The number of fused-ring (bicyclic) bond motifs is 1. The van der Waals surface area contributed by atoms with Crippen LogP contribution in [0.25, 0.3) is 16.8 Å². The highest BCUT2D eigenvalue weighted by molar-refractivity contribution is 8.18. The first-order valence-corrected chi connectivity index (χ1v) is 12.9. The number of aromatic nitrogens is 2. The molecule has 1 aromatic heterocycles. The summed E-state index contributed by atoms with van der Waals surface area (Å²) in [6.07, 6.45) is 2.38. The van der Waals surface area contributed by atoms with E-state index < -0.39 is 35.3 Å². The Balaban J connectivity index is 1.45. The summed E-state index contributed by atoms with van der Waals surface area (Å²) >= 11 is 6.51. The molecule has 1 saturated heterocycles. The Morgan fingerprint density at radius 1 is 1.15 bits per heavy atom. The summed E-state index contributed by atoms with van der Waals surface area (Å²) in [6.45, 7) is 3.35. The van der Waals surface area contributed by atoms with Crippen molar-refractivity contribution in [3.8, 4) is 11.6 Å². The van der Waals surface area contributed by atoms with E-state index >= 15 is 0 Å². The van der Waals surface area contributed by atoms with Gasteiger partial charge in [-0.2, -0.15) is 9.37 Å². The monoisotopic (exact) mass is 562 g/mol. The second-order valence-corrected chi connectivity index (χ2v) is 10.1. The number of nitrogens with zero attached hydrogens (tertiary/aromatic N) is 3. The summed E-state index contributed by atoms with van der Waals surface area (Å²) in [5.74, 6) is -2.17. The lowest BCUT2D eigenvalue weighted by atomic mass is 10.0. The molecule has 0 saturated carbocycles. The number of anilines is 1. The fraction of sp³-hybridized carbons (Fsp3) is 0.107. The number of imide groups is 1. The Morgan fingerprint density at radius 2 is 1.95 bits per heavy atom. The first-order valence-electron chi connectivity index (χ1n) is 11.7. The van der Waals surface area contributed by atoms with Gasteiger partial charge in [0.1, 0.15) is 12.3 Å². The molecule has 3 amide bonds. The van der Waals surface area contributed by atoms with E-state index in [2.05, 4.69) is 15.3 Å². The molecule has 1 aliphatic heterocycles. The second-order valence-electron chi connectivity index (χ2n) is 8.73. The lowest BCUT2D eigenvalue weighted by Crippen LogP contribution is -2.36. The van der Waals surface area contributed by atoms with Crippen LogP contribution < -0.4 is 10.1 Å². The lowest BCUT2D eigenvalue weighted by Gasteiger charge is -2.14. The van der Waals surface area contributed by atoms with Crippen LogP contribution in [-0.2, 0) is 9.59 Å². The zero-order chi connectivity index (χ0) is 27.7. The van der Waals surface area contributed by atoms with Gasteiger partial charge >= 0.3 is 0 Å². The van der Waals surface area contributed by atoms with Gasteiger partial charge in [0.15, 0.2) is 0 Å². The van der Waals surface area contributed by atoms with Gasteiger partial charge in [0.2, 0.25) is 17.0 Å². The third-order valence-corrected chi connectivity index (χ3v) is 7.02. The summed E-state index contributed by atoms with van der Waals surface area (Å²) in [4.78, 5) is 47.0. The van der Waals surface area contributed by atoms with Crippen molar-refractivity contribution < 1.29 is 23.5 Å². The Labute approximate surface area is 231 Å². The minimum Gasteiger partial charge on any atom is -0.436 e. The van der Waals surface area contributed by atoms with Crippen molar-refractivity contribution in [2.24, 2.45) is 0 Å². The number of hydrogen-bond donors (Lipinski definition) is 1. The van der Waals surface area contributed by atoms with Crippen LogP contribution in [0, 0.1) is 19.7 Å². The maximum atomic E-state index is 14.3. The van der Waals surface area contributed by atoms with Gasteiger partial charge in [-0.25, -0.2) is 4.98 Å². The van der Waals surface area contributed by atoms with Gasteiger partial charge < -0.3 is 10.1 Å². The van der Waals surface area contributed by atoms with Gasteiger partial charge in [0, 0.05) is 11.3 Å². The fourth-order valence-electron chi connectivity index (χ4n) is 4.07. The predicted molar refractivity (Wildman–Crippen MR) is 148 cm³/mol. The average Bonchev–Trinajstić information content (AvgIpc) is 3.16. The third kappa shape index (κ3) is 5.62. The van der Waals surface area contributed by atoms with Crippen molar-refractivity contribution in [3.05, 3.63) is 93.5 Å².